The highest BCUT2D eigenvalue weighted by molar-refractivity contribution is 7.16. The zero-order valence-corrected chi connectivity index (χ0v) is 26.8. The minimum atomic E-state index is -0.291. The van der Waals surface area contributed by atoms with Crippen LogP contribution in [0.15, 0.2) is 91.1 Å². The fourth-order valence-corrected chi connectivity index (χ4v) is 6.93. The topological polar surface area (TPSA) is 88.3 Å². The summed E-state index contributed by atoms with van der Waals surface area (Å²) in [6.45, 7) is 8.32. The summed E-state index contributed by atoms with van der Waals surface area (Å²) < 4.78 is 13.9. The summed E-state index contributed by atoms with van der Waals surface area (Å²) in [6.07, 6.45) is 4.81. The van der Waals surface area contributed by atoms with E-state index in [0.29, 0.717) is 23.8 Å². The van der Waals surface area contributed by atoms with E-state index in [1.165, 1.54) is 18.2 Å². The molecule has 0 atom stereocenters. The van der Waals surface area contributed by atoms with E-state index in [-0.39, 0.29) is 17.6 Å². The van der Waals surface area contributed by atoms with Gasteiger partial charge in [0.2, 0.25) is 5.91 Å². The summed E-state index contributed by atoms with van der Waals surface area (Å²) >= 11 is 1.65. The SMILES string of the molecule is Cc1c(CNC(=O)/C=C/c2ccc(N)nc2)sc(-c2ccc(-c3ccc(C(=O)N4CC(C)C4)cc3)cc2-c2ccc(F)cc2)c1C. The number of anilines is 1. The van der Waals surface area contributed by atoms with Gasteiger partial charge in [0.05, 0.1) is 6.54 Å². The van der Waals surface area contributed by atoms with Gasteiger partial charge in [-0.3, -0.25) is 9.59 Å². The van der Waals surface area contributed by atoms with E-state index in [1.54, 1.807) is 47.9 Å². The highest BCUT2D eigenvalue weighted by Gasteiger charge is 2.27. The molecule has 1 aliphatic heterocycles. The van der Waals surface area contributed by atoms with E-state index in [9.17, 15) is 14.0 Å². The second kappa shape index (κ2) is 13.1. The van der Waals surface area contributed by atoms with Crippen molar-refractivity contribution >= 4 is 35.0 Å². The monoisotopic (exact) mass is 630 g/mol. The summed E-state index contributed by atoms with van der Waals surface area (Å²) in [4.78, 5) is 33.5. The molecule has 3 aromatic carbocycles. The van der Waals surface area contributed by atoms with Crippen LogP contribution in [0.25, 0.3) is 38.8 Å². The van der Waals surface area contributed by atoms with Crippen molar-refractivity contribution in [2.24, 2.45) is 5.92 Å². The van der Waals surface area contributed by atoms with Crippen molar-refractivity contribution in [3.8, 4) is 32.7 Å². The highest BCUT2D eigenvalue weighted by atomic mass is 32.1. The number of hydrogen-bond donors (Lipinski definition) is 2. The van der Waals surface area contributed by atoms with Crippen molar-refractivity contribution in [3.05, 3.63) is 124 Å². The summed E-state index contributed by atoms with van der Waals surface area (Å²) in [5, 5.41) is 3.00. The minimum absolute atomic E-state index is 0.0673. The van der Waals surface area contributed by atoms with Crippen molar-refractivity contribution < 1.29 is 14.0 Å². The molecule has 232 valence electrons. The van der Waals surface area contributed by atoms with Gasteiger partial charge in [-0.1, -0.05) is 43.3 Å². The maximum absolute atomic E-state index is 13.9. The standard InChI is InChI=1S/C38H35FN4O2S/c1-23-21-43(22-23)38(45)29-8-6-27(7-9-29)30-12-15-32(33(18-30)28-10-13-31(39)14-11-28)37-25(3)24(2)34(46-37)20-42-36(44)17-5-26-4-16-35(40)41-19-26/h4-19,23H,20-22H2,1-3H3,(H2,40,41)(H,42,44)/b17-5+. The number of nitrogens with zero attached hydrogens (tertiary/aromatic N) is 2. The van der Waals surface area contributed by atoms with Crippen LogP contribution in [0.4, 0.5) is 10.2 Å². The first kappa shape index (κ1) is 30.9. The molecule has 0 spiro atoms. The molecule has 46 heavy (non-hydrogen) atoms. The normalized spacial score (nSPS) is 13.2. The zero-order chi connectivity index (χ0) is 32.4. The minimum Gasteiger partial charge on any atom is -0.384 e. The van der Waals surface area contributed by atoms with Gasteiger partial charge in [0.1, 0.15) is 11.6 Å². The first-order chi connectivity index (χ1) is 22.2. The molecule has 2 amide bonds. The van der Waals surface area contributed by atoms with E-state index >= 15 is 0 Å². The van der Waals surface area contributed by atoms with E-state index in [2.05, 4.69) is 49.3 Å². The Morgan fingerprint density at radius 2 is 1.63 bits per heavy atom. The summed E-state index contributed by atoms with van der Waals surface area (Å²) in [7, 11) is 0. The Hall–Kier alpha value is -5.08. The van der Waals surface area contributed by atoms with Crippen molar-refractivity contribution in [2.75, 3.05) is 18.8 Å². The quantitative estimate of drug-likeness (QED) is 0.171. The maximum atomic E-state index is 13.9. The molecule has 0 aliphatic carbocycles. The zero-order valence-electron chi connectivity index (χ0n) is 26.0. The van der Waals surface area contributed by atoms with Crippen LogP contribution in [0.2, 0.25) is 0 Å². The Labute approximate surface area is 272 Å². The lowest BCUT2D eigenvalue weighted by Gasteiger charge is -2.37. The third-order valence-corrected chi connectivity index (χ3v) is 9.87. The number of carbonyl (C=O) groups excluding carboxylic acids is 2. The van der Waals surface area contributed by atoms with E-state index in [4.69, 9.17) is 5.73 Å². The molecule has 5 aromatic rings. The average molecular weight is 631 g/mol. The second-order valence-electron chi connectivity index (χ2n) is 11.8. The Kier molecular flexibility index (Phi) is 8.81. The maximum Gasteiger partial charge on any atom is 0.253 e. The van der Waals surface area contributed by atoms with Gasteiger partial charge in [0.15, 0.2) is 0 Å². The Balaban J connectivity index is 1.27. The van der Waals surface area contributed by atoms with Crippen LogP contribution in [0, 0.1) is 25.6 Å². The summed E-state index contributed by atoms with van der Waals surface area (Å²) in [5.41, 5.74) is 14.3. The van der Waals surface area contributed by atoms with Crippen molar-refractivity contribution in [1.82, 2.24) is 15.2 Å². The number of amides is 2. The number of benzene rings is 3. The third kappa shape index (κ3) is 6.62. The molecule has 3 N–H and O–H groups in total. The third-order valence-electron chi connectivity index (χ3n) is 8.44. The van der Waals surface area contributed by atoms with Crippen LogP contribution < -0.4 is 11.1 Å². The summed E-state index contributed by atoms with van der Waals surface area (Å²) in [5.74, 6) is 0.557. The average Bonchev–Trinajstić information content (AvgIpc) is 3.34. The van der Waals surface area contributed by atoms with Crippen LogP contribution in [-0.4, -0.2) is 34.8 Å². The molecule has 0 unspecified atom stereocenters. The number of nitrogens with one attached hydrogen (secondary N) is 1. The van der Waals surface area contributed by atoms with Crippen LogP contribution in [0.5, 0.6) is 0 Å². The molecule has 6 nitrogen and oxygen atoms in total. The van der Waals surface area contributed by atoms with Gasteiger partial charge >= 0.3 is 0 Å². The van der Waals surface area contributed by atoms with Crippen LogP contribution in [0.3, 0.4) is 0 Å². The molecular formula is C38H35FN4O2S. The molecule has 1 saturated heterocycles. The largest absolute Gasteiger partial charge is 0.384 e. The molecule has 6 rings (SSSR count). The lowest BCUT2D eigenvalue weighted by Crippen LogP contribution is -2.48. The van der Waals surface area contributed by atoms with Gasteiger partial charge in [-0.25, -0.2) is 9.37 Å². The first-order valence-corrected chi connectivity index (χ1v) is 16.0. The van der Waals surface area contributed by atoms with Gasteiger partial charge in [0, 0.05) is 40.7 Å². The Morgan fingerprint density at radius 3 is 2.30 bits per heavy atom. The van der Waals surface area contributed by atoms with Gasteiger partial charge in [-0.2, -0.15) is 0 Å². The Bertz CT molecular complexity index is 1920. The molecule has 2 aromatic heterocycles. The highest BCUT2D eigenvalue weighted by Crippen LogP contribution is 2.42. The van der Waals surface area contributed by atoms with E-state index < -0.39 is 0 Å². The molecule has 1 aliphatic rings. The van der Waals surface area contributed by atoms with E-state index in [1.807, 2.05) is 29.2 Å². The van der Waals surface area contributed by atoms with Crippen molar-refractivity contribution in [1.29, 1.82) is 0 Å². The van der Waals surface area contributed by atoms with Crippen molar-refractivity contribution in [2.45, 2.75) is 27.3 Å². The second-order valence-corrected chi connectivity index (χ2v) is 12.9. The number of hydrogen-bond acceptors (Lipinski definition) is 5. The van der Waals surface area contributed by atoms with Gasteiger partial charge in [-0.15, -0.1) is 11.3 Å². The molecule has 8 heteroatoms. The smallest absolute Gasteiger partial charge is 0.253 e. The van der Waals surface area contributed by atoms with E-state index in [0.717, 1.165) is 67.4 Å². The molecule has 0 saturated carbocycles. The number of rotatable bonds is 8. The van der Waals surface area contributed by atoms with Gasteiger partial charge in [-0.05, 0) is 113 Å². The molecule has 1 fully saturated rings. The number of pyridine rings is 1. The molecule has 0 bridgehead atoms. The summed E-state index contributed by atoms with van der Waals surface area (Å²) in [6, 6.07) is 24.1. The van der Waals surface area contributed by atoms with Crippen molar-refractivity contribution in [3.63, 3.8) is 0 Å². The number of nitrogens with two attached hydrogens (primary N) is 1. The van der Waals surface area contributed by atoms with Crippen LogP contribution in [-0.2, 0) is 11.3 Å². The number of nitrogen functional groups attached to an aromatic ring is 1. The lowest BCUT2D eigenvalue weighted by atomic mass is 9.92. The molecule has 0 radical (unpaired) electrons. The van der Waals surface area contributed by atoms with Gasteiger partial charge < -0.3 is 16.0 Å². The number of halogens is 1. The first-order valence-electron chi connectivity index (χ1n) is 15.2. The fourth-order valence-electron chi connectivity index (χ4n) is 5.64. The van der Waals surface area contributed by atoms with Crippen LogP contribution in [0.1, 0.15) is 38.8 Å². The predicted octanol–water partition coefficient (Wildman–Crippen LogP) is 7.90. The number of carbonyl (C=O) groups is 2. The number of likely N-dealkylation sites (tertiary alicyclic amines) is 1. The fraction of sp³-hybridized carbons (Fsp3) is 0.184. The Morgan fingerprint density at radius 1 is 0.935 bits per heavy atom. The number of aromatic nitrogens is 1. The predicted molar refractivity (Wildman–Crippen MR) is 185 cm³/mol. The van der Waals surface area contributed by atoms with Crippen LogP contribution >= 0.6 is 11.3 Å². The molecular weight excluding hydrogens is 596 g/mol. The number of thiophene rings is 1. The molecule has 3 heterocycles. The lowest BCUT2D eigenvalue weighted by molar-refractivity contribution is -0.116. The van der Waals surface area contributed by atoms with Gasteiger partial charge in [0.25, 0.3) is 5.91 Å².